The van der Waals surface area contributed by atoms with Gasteiger partial charge in [-0.25, -0.2) is 0 Å². The van der Waals surface area contributed by atoms with Gasteiger partial charge in [-0.1, -0.05) is 42.1 Å². The third-order valence-corrected chi connectivity index (χ3v) is 4.68. The monoisotopic (exact) mass is 352 g/mol. The molecule has 0 aliphatic carbocycles. The van der Waals surface area contributed by atoms with Gasteiger partial charge in [0.05, 0.1) is 12.8 Å². The first-order valence-corrected chi connectivity index (χ1v) is 8.79. The van der Waals surface area contributed by atoms with Crippen LogP contribution in [0.2, 0.25) is 0 Å². The van der Waals surface area contributed by atoms with E-state index in [9.17, 15) is 0 Å². The number of para-hydroxylation sites is 1. The maximum atomic E-state index is 5.77. The second kappa shape index (κ2) is 6.98. The van der Waals surface area contributed by atoms with Crippen LogP contribution in [0.5, 0.6) is 11.5 Å². The van der Waals surface area contributed by atoms with Crippen LogP contribution in [-0.2, 0) is 6.61 Å². The van der Waals surface area contributed by atoms with Crippen LogP contribution in [-0.4, -0.2) is 33.4 Å². The lowest BCUT2D eigenvalue weighted by molar-refractivity contribution is 0.290. The lowest BCUT2D eigenvalue weighted by atomic mass is 10.1. The third-order valence-electron chi connectivity index (χ3n) is 3.75. The molecule has 0 fully saturated rings. The van der Waals surface area contributed by atoms with E-state index >= 15 is 0 Å². The van der Waals surface area contributed by atoms with Gasteiger partial charge < -0.3 is 9.47 Å². The zero-order chi connectivity index (χ0) is 17.1. The molecule has 0 bridgehead atoms. The summed E-state index contributed by atoms with van der Waals surface area (Å²) in [5, 5.41) is 13.9. The van der Waals surface area contributed by atoms with Crippen molar-refractivity contribution < 1.29 is 9.47 Å². The Balaban J connectivity index is 1.59. The molecule has 1 aromatic heterocycles. The van der Waals surface area contributed by atoms with Gasteiger partial charge in [-0.05, 0) is 24.3 Å². The number of rotatable bonds is 5. The Morgan fingerprint density at radius 2 is 1.88 bits per heavy atom. The lowest BCUT2D eigenvalue weighted by Gasteiger charge is -2.14. The highest BCUT2D eigenvalue weighted by molar-refractivity contribution is 7.99. The fourth-order valence-electron chi connectivity index (χ4n) is 2.47. The molecule has 2 aromatic carbocycles. The summed E-state index contributed by atoms with van der Waals surface area (Å²) in [5.41, 5.74) is 1.98. The molecule has 0 unspecified atom stereocenters. The molecular formula is C18H16N4O2S. The quantitative estimate of drug-likeness (QED) is 0.705. The van der Waals surface area contributed by atoms with E-state index in [0.29, 0.717) is 12.4 Å². The Kier molecular flexibility index (Phi) is 4.39. The molecule has 25 heavy (non-hydrogen) atoms. The normalized spacial score (nSPS) is 13.1. The van der Waals surface area contributed by atoms with E-state index in [-0.39, 0.29) is 0 Å². The van der Waals surface area contributed by atoms with Crippen LogP contribution in [0.4, 0.5) is 0 Å². The Hall–Kier alpha value is -2.80. The molecule has 2 heterocycles. The zero-order valence-electron chi connectivity index (χ0n) is 13.6. The molecule has 0 N–H and O–H groups in total. The summed E-state index contributed by atoms with van der Waals surface area (Å²) in [5.74, 6) is 3.02. The molecule has 0 saturated heterocycles. The molecule has 0 saturated carbocycles. The van der Waals surface area contributed by atoms with Gasteiger partial charge in [0.2, 0.25) is 5.16 Å². The van der Waals surface area contributed by atoms with Gasteiger partial charge in [0, 0.05) is 11.3 Å². The van der Waals surface area contributed by atoms with E-state index in [1.54, 1.807) is 23.5 Å². The summed E-state index contributed by atoms with van der Waals surface area (Å²) in [6, 6.07) is 17.5. The highest BCUT2D eigenvalue weighted by Gasteiger charge is 2.20. The van der Waals surface area contributed by atoms with E-state index in [1.807, 2.05) is 54.6 Å². The van der Waals surface area contributed by atoms with Crippen LogP contribution in [0.3, 0.4) is 0 Å². The first-order valence-electron chi connectivity index (χ1n) is 7.81. The van der Waals surface area contributed by atoms with Crippen molar-refractivity contribution in [1.29, 1.82) is 0 Å². The number of aromatic nitrogens is 3. The van der Waals surface area contributed by atoms with Gasteiger partial charge in [0.25, 0.3) is 0 Å². The minimum absolute atomic E-state index is 0.312. The van der Waals surface area contributed by atoms with Gasteiger partial charge in [-0.15, -0.1) is 10.2 Å². The number of ether oxygens (including phenoxy) is 2. The zero-order valence-corrected chi connectivity index (χ0v) is 14.4. The van der Waals surface area contributed by atoms with E-state index in [4.69, 9.17) is 14.6 Å². The van der Waals surface area contributed by atoms with Crippen molar-refractivity contribution in [3.8, 4) is 11.5 Å². The molecule has 4 rings (SSSR count). The number of hydrogen-bond acceptors (Lipinski definition) is 6. The highest BCUT2D eigenvalue weighted by Crippen LogP contribution is 2.25. The predicted molar refractivity (Wildman–Crippen MR) is 96.4 cm³/mol. The van der Waals surface area contributed by atoms with E-state index in [1.165, 1.54) is 0 Å². The van der Waals surface area contributed by atoms with Crippen molar-refractivity contribution >= 4 is 17.5 Å². The van der Waals surface area contributed by atoms with Crippen molar-refractivity contribution in [3.05, 3.63) is 66.0 Å². The Morgan fingerprint density at radius 1 is 1.04 bits per heavy atom. The molecule has 1 aliphatic rings. The molecule has 0 radical (unpaired) electrons. The van der Waals surface area contributed by atoms with Crippen molar-refractivity contribution in [1.82, 2.24) is 14.9 Å². The smallest absolute Gasteiger partial charge is 0.212 e. The minimum atomic E-state index is 0.312. The molecule has 1 aliphatic heterocycles. The van der Waals surface area contributed by atoms with Crippen molar-refractivity contribution in [2.45, 2.75) is 11.8 Å². The highest BCUT2D eigenvalue weighted by atomic mass is 32.2. The molecule has 3 aromatic rings. The van der Waals surface area contributed by atoms with Gasteiger partial charge >= 0.3 is 0 Å². The largest absolute Gasteiger partial charge is 0.497 e. The van der Waals surface area contributed by atoms with Crippen LogP contribution in [0.1, 0.15) is 11.4 Å². The standard InChI is InChI=1S/C18H16N4O2S/c1-23-15-9-5-6-13(10-15)16-12-25-18-20-19-17(22(18)21-16)11-24-14-7-3-2-4-8-14/h2-10H,11-12H2,1H3. The maximum absolute atomic E-state index is 5.77. The van der Waals surface area contributed by atoms with Gasteiger partial charge in [-0.3, -0.25) is 0 Å². The molecule has 6 nitrogen and oxygen atoms in total. The summed E-state index contributed by atoms with van der Waals surface area (Å²) in [6.45, 7) is 0.312. The van der Waals surface area contributed by atoms with Crippen molar-refractivity contribution in [2.75, 3.05) is 12.9 Å². The first kappa shape index (κ1) is 15.7. The first-order chi connectivity index (χ1) is 12.3. The van der Waals surface area contributed by atoms with Gasteiger partial charge in [0.15, 0.2) is 5.82 Å². The van der Waals surface area contributed by atoms with Crippen LogP contribution >= 0.6 is 11.8 Å². The number of methoxy groups -OCH3 is 1. The number of fused-ring (bicyclic) bond motifs is 1. The molecule has 0 atom stereocenters. The average Bonchev–Trinajstić information content (AvgIpc) is 3.09. The fraction of sp³-hybridized carbons (Fsp3) is 0.167. The van der Waals surface area contributed by atoms with Crippen LogP contribution in [0.15, 0.2) is 64.9 Å². The average molecular weight is 352 g/mol. The predicted octanol–water partition coefficient (Wildman–Crippen LogP) is 3.22. The van der Waals surface area contributed by atoms with E-state index < -0.39 is 0 Å². The SMILES string of the molecule is COc1cccc(C2=Nn3c(COc4ccccc4)nnc3SC2)c1. The lowest BCUT2D eigenvalue weighted by Crippen LogP contribution is -2.15. The van der Waals surface area contributed by atoms with Gasteiger partial charge in [-0.2, -0.15) is 9.78 Å². The minimum Gasteiger partial charge on any atom is -0.497 e. The van der Waals surface area contributed by atoms with E-state index in [2.05, 4.69) is 10.2 Å². The van der Waals surface area contributed by atoms with Crippen molar-refractivity contribution in [2.24, 2.45) is 5.10 Å². The summed E-state index contributed by atoms with van der Waals surface area (Å²) in [6.07, 6.45) is 0. The van der Waals surface area contributed by atoms with Crippen LogP contribution in [0, 0.1) is 0 Å². The summed E-state index contributed by atoms with van der Waals surface area (Å²) in [4.78, 5) is 0. The van der Waals surface area contributed by atoms with Crippen LogP contribution < -0.4 is 9.47 Å². The molecule has 126 valence electrons. The third kappa shape index (κ3) is 3.36. The molecule has 0 amide bonds. The number of hydrogen-bond donors (Lipinski definition) is 0. The van der Waals surface area contributed by atoms with E-state index in [0.717, 1.165) is 33.7 Å². The summed E-state index contributed by atoms with van der Waals surface area (Å²) < 4.78 is 12.8. The number of nitrogens with zero attached hydrogens (tertiary/aromatic N) is 4. The number of benzene rings is 2. The molecule has 7 heteroatoms. The fourth-order valence-corrected chi connectivity index (χ4v) is 3.32. The maximum Gasteiger partial charge on any atom is 0.212 e. The summed E-state index contributed by atoms with van der Waals surface area (Å²) in [7, 11) is 1.66. The second-order valence-electron chi connectivity index (χ2n) is 5.38. The Bertz CT molecular complexity index is 908. The topological polar surface area (TPSA) is 61.5 Å². The Morgan fingerprint density at radius 3 is 2.72 bits per heavy atom. The summed E-state index contributed by atoms with van der Waals surface area (Å²) >= 11 is 1.61. The Labute approximate surface area is 149 Å². The second-order valence-corrected chi connectivity index (χ2v) is 6.32. The molecular weight excluding hydrogens is 336 g/mol. The molecule has 0 spiro atoms. The number of thioether (sulfide) groups is 1. The van der Waals surface area contributed by atoms with Crippen molar-refractivity contribution in [3.63, 3.8) is 0 Å². The van der Waals surface area contributed by atoms with Gasteiger partial charge in [0.1, 0.15) is 18.1 Å². The van der Waals surface area contributed by atoms with Crippen LogP contribution in [0.25, 0.3) is 0 Å².